The molecule has 0 radical (unpaired) electrons. The van der Waals surface area contributed by atoms with Crippen molar-refractivity contribution in [3.05, 3.63) is 72.1 Å². The Balaban J connectivity index is 1.20. The van der Waals surface area contributed by atoms with E-state index in [1.165, 1.54) is 31.2 Å². The first-order valence-corrected chi connectivity index (χ1v) is 12.5. The normalized spacial score (nSPS) is 14.6. The van der Waals surface area contributed by atoms with Gasteiger partial charge in [-0.3, -0.25) is 4.90 Å². The van der Waals surface area contributed by atoms with Gasteiger partial charge in [0.25, 0.3) is 0 Å². The van der Waals surface area contributed by atoms with Crippen LogP contribution in [0.3, 0.4) is 0 Å². The molecule has 6 heteroatoms. The van der Waals surface area contributed by atoms with Crippen LogP contribution in [0.2, 0.25) is 0 Å². The van der Waals surface area contributed by atoms with Gasteiger partial charge in [-0.25, -0.2) is 0 Å². The van der Waals surface area contributed by atoms with E-state index < -0.39 is 0 Å². The number of ether oxygens (including phenoxy) is 1. The minimum atomic E-state index is 0.567. The molecule has 0 aliphatic heterocycles. The van der Waals surface area contributed by atoms with E-state index in [4.69, 9.17) is 9.15 Å². The smallest absolute Gasteiger partial charge is 0.247 e. The molecule has 1 aliphatic carbocycles. The fourth-order valence-corrected chi connectivity index (χ4v) is 4.55. The highest BCUT2D eigenvalue weighted by Gasteiger charge is 2.18. The van der Waals surface area contributed by atoms with E-state index in [9.17, 15) is 0 Å². The molecule has 1 aromatic heterocycles. The van der Waals surface area contributed by atoms with E-state index in [1.807, 2.05) is 42.5 Å². The van der Waals surface area contributed by atoms with Crippen LogP contribution < -0.4 is 4.74 Å². The van der Waals surface area contributed by atoms with Gasteiger partial charge in [-0.15, -0.1) is 22.0 Å². The average Bonchev–Trinajstić information content (AvgIpc) is 3.53. The lowest BCUT2D eigenvalue weighted by Crippen LogP contribution is -2.29. The van der Waals surface area contributed by atoms with Crippen molar-refractivity contribution in [2.24, 2.45) is 0 Å². The molecule has 0 atom stereocenters. The number of benzene rings is 2. The Labute approximate surface area is 194 Å². The minimum absolute atomic E-state index is 0.567. The molecule has 1 fully saturated rings. The number of rotatable bonds is 11. The molecular weight excluding hydrogens is 418 g/mol. The van der Waals surface area contributed by atoms with Crippen LogP contribution in [0.25, 0.3) is 17.5 Å². The first-order valence-electron chi connectivity index (χ1n) is 11.3. The fourth-order valence-electron chi connectivity index (χ4n) is 3.91. The molecule has 0 amide bonds. The predicted octanol–water partition coefficient (Wildman–Crippen LogP) is 5.94. The lowest BCUT2D eigenvalue weighted by atomic mass is 10.1. The van der Waals surface area contributed by atoms with Gasteiger partial charge in [0.2, 0.25) is 11.8 Å². The van der Waals surface area contributed by atoms with E-state index >= 15 is 0 Å². The zero-order valence-corrected chi connectivity index (χ0v) is 19.5. The monoisotopic (exact) mass is 449 g/mol. The fraction of sp³-hybridized carbons (Fsp3) is 0.385. The van der Waals surface area contributed by atoms with Gasteiger partial charge in [0.15, 0.2) is 0 Å². The Hall–Kier alpha value is -2.57. The van der Waals surface area contributed by atoms with Crippen molar-refractivity contribution in [3.8, 4) is 17.2 Å². The van der Waals surface area contributed by atoms with Crippen molar-refractivity contribution in [1.82, 2.24) is 15.1 Å². The standard InChI is InChI=1S/C26H31N3O2S/c1-29(23-9-5-6-10-23)17-7-8-21-13-15-22(16-14-21)26-28-27-25(31-26)20-32-19-18-30-24-11-3-2-4-12-24/h2-4,7-8,11-16,23H,5-6,9-10,17-20H2,1H3/b8-7+. The Morgan fingerprint density at radius 3 is 2.62 bits per heavy atom. The molecule has 32 heavy (non-hydrogen) atoms. The van der Waals surface area contributed by atoms with Crippen LogP contribution in [0.4, 0.5) is 0 Å². The summed E-state index contributed by atoms with van der Waals surface area (Å²) in [5.41, 5.74) is 2.13. The van der Waals surface area contributed by atoms with Crippen LogP contribution in [-0.2, 0) is 5.75 Å². The Morgan fingerprint density at radius 2 is 1.84 bits per heavy atom. The maximum atomic E-state index is 5.84. The lowest BCUT2D eigenvalue weighted by molar-refractivity contribution is 0.271. The van der Waals surface area contributed by atoms with Gasteiger partial charge in [-0.2, -0.15) is 0 Å². The van der Waals surface area contributed by atoms with E-state index in [1.54, 1.807) is 11.8 Å². The van der Waals surface area contributed by atoms with Crippen LogP contribution in [-0.4, -0.2) is 47.1 Å². The number of hydrogen-bond acceptors (Lipinski definition) is 6. The largest absolute Gasteiger partial charge is 0.493 e. The molecule has 168 valence electrons. The topological polar surface area (TPSA) is 51.4 Å². The number of hydrogen-bond donors (Lipinski definition) is 0. The van der Waals surface area contributed by atoms with Crippen molar-refractivity contribution in [2.75, 3.05) is 26.0 Å². The molecule has 0 N–H and O–H groups in total. The summed E-state index contributed by atoms with van der Waals surface area (Å²) < 4.78 is 11.5. The average molecular weight is 450 g/mol. The van der Waals surface area contributed by atoms with Gasteiger partial charge in [-0.1, -0.05) is 55.3 Å². The molecule has 0 saturated heterocycles. The number of thioether (sulfide) groups is 1. The first-order chi connectivity index (χ1) is 15.8. The molecular formula is C26H31N3O2S. The van der Waals surface area contributed by atoms with Crippen molar-refractivity contribution in [2.45, 2.75) is 37.5 Å². The molecule has 0 bridgehead atoms. The van der Waals surface area contributed by atoms with Crippen molar-refractivity contribution >= 4 is 17.8 Å². The van der Waals surface area contributed by atoms with Gasteiger partial charge in [0.05, 0.1) is 12.4 Å². The number of nitrogens with zero attached hydrogens (tertiary/aromatic N) is 3. The van der Waals surface area contributed by atoms with Crippen molar-refractivity contribution < 1.29 is 9.15 Å². The molecule has 3 aromatic rings. The predicted molar refractivity (Wildman–Crippen MR) is 132 cm³/mol. The number of para-hydroxylation sites is 1. The third-order valence-corrected chi connectivity index (χ3v) is 6.65. The Morgan fingerprint density at radius 1 is 1.06 bits per heavy atom. The molecule has 1 heterocycles. The molecule has 4 rings (SSSR count). The molecule has 2 aromatic carbocycles. The van der Waals surface area contributed by atoms with Crippen LogP contribution >= 0.6 is 11.8 Å². The van der Waals surface area contributed by atoms with Gasteiger partial charge >= 0.3 is 0 Å². The summed E-state index contributed by atoms with van der Waals surface area (Å²) in [7, 11) is 2.23. The lowest BCUT2D eigenvalue weighted by Gasteiger charge is -2.22. The molecule has 1 saturated carbocycles. The Bertz CT molecular complexity index is 966. The quantitative estimate of drug-likeness (QED) is 0.338. The van der Waals surface area contributed by atoms with Gasteiger partial charge in [0, 0.05) is 23.9 Å². The number of aromatic nitrogens is 2. The molecule has 1 aliphatic rings. The van der Waals surface area contributed by atoms with E-state index in [-0.39, 0.29) is 0 Å². The van der Waals surface area contributed by atoms with Crippen LogP contribution in [0.1, 0.15) is 37.1 Å². The highest BCUT2D eigenvalue weighted by molar-refractivity contribution is 7.98. The van der Waals surface area contributed by atoms with E-state index in [2.05, 4.69) is 46.4 Å². The van der Waals surface area contributed by atoms with Gasteiger partial charge in [-0.05, 0) is 49.7 Å². The molecule has 0 spiro atoms. The highest BCUT2D eigenvalue weighted by atomic mass is 32.2. The third-order valence-electron chi connectivity index (χ3n) is 5.74. The third kappa shape index (κ3) is 6.71. The van der Waals surface area contributed by atoms with E-state index in [0.29, 0.717) is 24.1 Å². The van der Waals surface area contributed by atoms with Crippen molar-refractivity contribution in [3.63, 3.8) is 0 Å². The van der Waals surface area contributed by atoms with Gasteiger partial charge in [0.1, 0.15) is 5.75 Å². The maximum Gasteiger partial charge on any atom is 0.247 e. The SMILES string of the molecule is CN(C/C=C/c1ccc(-c2nnc(CSCCOc3ccccc3)o2)cc1)C1CCCC1. The minimum Gasteiger partial charge on any atom is -0.493 e. The van der Waals surface area contributed by atoms with Crippen LogP contribution in [0, 0.1) is 0 Å². The summed E-state index contributed by atoms with van der Waals surface area (Å²) in [6, 6.07) is 18.9. The van der Waals surface area contributed by atoms with Crippen LogP contribution in [0.5, 0.6) is 5.75 Å². The summed E-state index contributed by atoms with van der Waals surface area (Å²) >= 11 is 1.72. The summed E-state index contributed by atoms with van der Waals surface area (Å²) in [6.45, 7) is 1.65. The molecule has 0 unspecified atom stereocenters. The Kier molecular flexibility index (Phi) is 8.40. The summed E-state index contributed by atoms with van der Waals surface area (Å²) in [6.07, 6.45) is 9.85. The van der Waals surface area contributed by atoms with Gasteiger partial charge < -0.3 is 9.15 Å². The summed E-state index contributed by atoms with van der Waals surface area (Å²) in [5.74, 6) is 3.65. The first kappa shape index (κ1) is 22.6. The van der Waals surface area contributed by atoms with Crippen LogP contribution in [0.15, 0.2) is 65.1 Å². The number of likely N-dealkylation sites (N-methyl/N-ethyl adjacent to an activating group) is 1. The maximum absolute atomic E-state index is 5.84. The second-order valence-corrected chi connectivity index (χ2v) is 9.22. The second kappa shape index (κ2) is 11.9. The highest BCUT2D eigenvalue weighted by Crippen LogP contribution is 2.23. The second-order valence-electron chi connectivity index (χ2n) is 8.12. The summed E-state index contributed by atoms with van der Waals surface area (Å²) in [4.78, 5) is 2.46. The van der Waals surface area contributed by atoms with E-state index in [0.717, 1.165) is 29.7 Å². The zero-order valence-electron chi connectivity index (χ0n) is 18.7. The molecule has 5 nitrogen and oxygen atoms in total. The van der Waals surface area contributed by atoms with Crippen molar-refractivity contribution in [1.29, 1.82) is 0 Å². The zero-order chi connectivity index (χ0) is 22.0. The summed E-state index contributed by atoms with van der Waals surface area (Å²) in [5, 5.41) is 8.39.